The fourth-order valence-corrected chi connectivity index (χ4v) is 8.59. The van der Waals surface area contributed by atoms with E-state index in [1.807, 2.05) is 52.6 Å². The number of aliphatic hydroxyl groups is 1. The van der Waals surface area contributed by atoms with Gasteiger partial charge in [-0.25, -0.2) is 0 Å². The van der Waals surface area contributed by atoms with Crippen LogP contribution in [0.4, 0.5) is 0 Å². The monoisotopic (exact) mass is 913 g/mol. The Balaban J connectivity index is 0.000000379. The van der Waals surface area contributed by atoms with E-state index in [0.717, 1.165) is 50.6 Å². The van der Waals surface area contributed by atoms with Crippen LogP contribution >= 0.6 is 11.8 Å². The summed E-state index contributed by atoms with van der Waals surface area (Å²) in [6.45, 7) is 31.0. The first kappa shape index (κ1) is 44.9. The Kier molecular flexibility index (Phi) is 14.9. The Morgan fingerprint density at radius 1 is 0.811 bits per heavy atom. The molecule has 0 spiro atoms. The Labute approximate surface area is 340 Å². The van der Waals surface area contributed by atoms with Gasteiger partial charge in [0.15, 0.2) is 5.78 Å². The van der Waals surface area contributed by atoms with Crippen molar-refractivity contribution in [1.82, 2.24) is 4.98 Å². The van der Waals surface area contributed by atoms with Gasteiger partial charge in [0.25, 0.3) is 0 Å². The zero-order chi connectivity index (χ0) is 38.8. The van der Waals surface area contributed by atoms with Crippen LogP contribution in [0.15, 0.2) is 64.2 Å². The van der Waals surface area contributed by atoms with Crippen LogP contribution in [0, 0.1) is 33.6 Å². The van der Waals surface area contributed by atoms with Crippen molar-refractivity contribution in [3.8, 4) is 11.3 Å². The summed E-state index contributed by atoms with van der Waals surface area (Å²) in [7, 11) is 0. The number of ketones is 1. The molecule has 5 heteroatoms. The predicted octanol–water partition coefficient (Wildman–Crippen LogP) is 14.3. The van der Waals surface area contributed by atoms with Crippen molar-refractivity contribution in [2.75, 3.05) is 0 Å². The van der Waals surface area contributed by atoms with Crippen LogP contribution in [-0.2, 0) is 44.2 Å². The number of nitrogens with zero attached hydrogens (tertiary/aromatic N) is 1. The fraction of sp³-hybridized carbons (Fsp3) is 0.542. The van der Waals surface area contributed by atoms with Crippen LogP contribution in [-0.4, -0.2) is 15.9 Å². The molecule has 291 valence electrons. The number of rotatable bonds is 10. The molecule has 2 heterocycles. The number of carbonyl (C=O) groups excluding carboxylic acids is 1. The van der Waals surface area contributed by atoms with E-state index in [-0.39, 0.29) is 59.2 Å². The summed E-state index contributed by atoms with van der Waals surface area (Å²) >= 11 is 1.94. The average Bonchev–Trinajstić information content (AvgIpc) is 3.03. The van der Waals surface area contributed by atoms with E-state index in [9.17, 15) is 9.90 Å². The van der Waals surface area contributed by atoms with E-state index < -0.39 is 0 Å². The second-order valence-corrected chi connectivity index (χ2v) is 20.1. The summed E-state index contributed by atoms with van der Waals surface area (Å²) in [5.41, 5.74) is 6.95. The van der Waals surface area contributed by atoms with Crippen LogP contribution in [0.5, 0.6) is 0 Å². The molecule has 0 fully saturated rings. The van der Waals surface area contributed by atoms with Crippen LogP contribution < -0.4 is 0 Å². The molecule has 1 radical (unpaired) electrons. The van der Waals surface area contributed by atoms with Gasteiger partial charge >= 0.3 is 0 Å². The van der Waals surface area contributed by atoms with Gasteiger partial charge in [0.2, 0.25) is 0 Å². The smallest absolute Gasteiger partial charge is 0.162 e. The molecule has 0 amide bonds. The van der Waals surface area contributed by atoms with Gasteiger partial charge in [-0.05, 0) is 94.6 Å². The summed E-state index contributed by atoms with van der Waals surface area (Å²) in [5.74, 6) is 0.366. The minimum absolute atomic E-state index is 0. The van der Waals surface area contributed by atoms with Crippen LogP contribution in [0.1, 0.15) is 139 Å². The van der Waals surface area contributed by atoms with Crippen molar-refractivity contribution in [1.29, 1.82) is 0 Å². The Bertz CT molecular complexity index is 1930. The van der Waals surface area contributed by atoms with Gasteiger partial charge in [0.1, 0.15) is 5.76 Å². The minimum Gasteiger partial charge on any atom is -0.512 e. The molecule has 0 atom stereocenters. The van der Waals surface area contributed by atoms with Gasteiger partial charge in [-0.15, -0.1) is 29.3 Å². The van der Waals surface area contributed by atoms with Crippen molar-refractivity contribution in [2.24, 2.45) is 27.6 Å². The van der Waals surface area contributed by atoms with E-state index in [0.29, 0.717) is 0 Å². The molecular weight excluding hydrogens is 847 g/mol. The third-order valence-electron chi connectivity index (χ3n) is 10.5. The zero-order valence-electron chi connectivity index (χ0n) is 35.2. The number of pyridine rings is 1. The van der Waals surface area contributed by atoms with Gasteiger partial charge in [-0.3, -0.25) is 9.78 Å². The van der Waals surface area contributed by atoms with E-state index in [4.69, 9.17) is 4.98 Å². The van der Waals surface area contributed by atoms with Crippen molar-refractivity contribution < 1.29 is 30.0 Å². The van der Waals surface area contributed by atoms with Gasteiger partial charge in [-0.1, -0.05) is 137 Å². The van der Waals surface area contributed by atoms with Crippen LogP contribution in [0.2, 0.25) is 0 Å². The van der Waals surface area contributed by atoms with E-state index in [2.05, 4.69) is 105 Å². The molecule has 1 aliphatic rings. The number of allylic oxidation sites excluding steroid dienone is 2. The quantitative estimate of drug-likeness (QED) is 0.0862. The first-order valence-corrected chi connectivity index (χ1v) is 20.5. The maximum atomic E-state index is 11.9. The number of hydrogen-bond acceptors (Lipinski definition) is 4. The van der Waals surface area contributed by atoms with E-state index in [1.165, 1.54) is 59.7 Å². The summed E-state index contributed by atoms with van der Waals surface area (Å²) in [4.78, 5) is 19.5. The number of aromatic nitrogens is 1. The average molecular weight is 913 g/mol. The maximum absolute atomic E-state index is 11.9. The molecular formula is C48H66IrNO2S-. The summed E-state index contributed by atoms with van der Waals surface area (Å²) in [5, 5.41) is 15.2. The molecule has 0 saturated carbocycles. The predicted molar refractivity (Wildman–Crippen MR) is 226 cm³/mol. The normalized spacial score (nSPS) is 13.5. The third-order valence-corrected chi connectivity index (χ3v) is 11.7. The molecule has 1 aliphatic heterocycles. The molecule has 0 bridgehead atoms. The molecule has 0 saturated heterocycles. The Morgan fingerprint density at radius 2 is 1.40 bits per heavy atom. The SMILES string of the molecule is CC(C)(C)Cc1ccc2c(CC(C)(C)C)c3c([c-]c2c1)-c1nccc2cc(CC(C)(C)C)cc(c12)S3.CCC(CC)C(=O)/C=C(\O)C(C)(CC)CC.[Ir]. The Hall–Kier alpha value is -2.46. The van der Waals surface area contributed by atoms with Crippen molar-refractivity contribution in [3.63, 3.8) is 0 Å². The standard InChI is InChI=1S/C34H40NS.C14H26O2.Ir/c1-32(2,3)18-21-10-11-25-24(14-21)17-26-30-29-23(12-13-35-30)15-22(19-33(4,5)6)16-28(29)36-31(26)27(25)20-34(7,8)9;1-6-11(7-2)12(15)10-13(16)14(5,8-3)9-4;/h10-16H,18-20H2,1-9H3;10-11,16H,6-9H2,1-5H3;/q-1;;/b;13-10-;. The van der Waals surface area contributed by atoms with Crippen LogP contribution in [0.25, 0.3) is 32.8 Å². The maximum Gasteiger partial charge on any atom is 0.162 e. The molecule has 5 rings (SSSR count). The number of benzene rings is 3. The fourth-order valence-electron chi connectivity index (χ4n) is 7.29. The summed E-state index contributed by atoms with van der Waals surface area (Å²) in [6.07, 6.45) is 9.97. The Morgan fingerprint density at radius 3 is 1.94 bits per heavy atom. The van der Waals surface area contributed by atoms with Crippen LogP contribution in [0.3, 0.4) is 0 Å². The van der Waals surface area contributed by atoms with Gasteiger partial charge in [0.05, 0.1) is 0 Å². The van der Waals surface area contributed by atoms with E-state index in [1.54, 1.807) is 0 Å². The van der Waals surface area contributed by atoms with Gasteiger partial charge in [-0.2, -0.15) is 0 Å². The van der Waals surface area contributed by atoms with Crippen molar-refractivity contribution in [3.05, 3.63) is 77.2 Å². The minimum atomic E-state index is -0.248. The van der Waals surface area contributed by atoms with Gasteiger partial charge < -0.3 is 5.11 Å². The molecule has 4 aromatic rings. The molecule has 0 unspecified atom stereocenters. The largest absolute Gasteiger partial charge is 0.512 e. The molecule has 53 heavy (non-hydrogen) atoms. The van der Waals surface area contributed by atoms with E-state index >= 15 is 0 Å². The number of aliphatic hydroxyl groups excluding tert-OH is 1. The molecule has 0 aliphatic carbocycles. The number of fused-ring (bicyclic) bond motifs is 3. The summed E-state index contributed by atoms with van der Waals surface area (Å²) < 4.78 is 0. The zero-order valence-corrected chi connectivity index (χ0v) is 38.4. The second kappa shape index (κ2) is 17.6. The molecule has 3 nitrogen and oxygen atoms in total. The molecule has 1 N–H and O–H groups in total. The number of hydrogen-bond donors (Lipinski definition) is 1. The van der Waals surface area contributed by atoms with Crippen molar-refractivity contribution in [2.45, 2.75) is 152 Å². The first-order chi connectivity index (χ1) is 24.1. The number of carbonyl (C=O) groups is 1. The topological polar surface area (TPSA) is 50.2 Å². The van der Waals surface area contributed by atoms with Crippen molar-refractivity contribution >= 4 is 39.1 Å². The summed E-state index contributed by atoms with van der Waals surface area (Å²) in [6, 6.07) is 17.9. The second-order valence-electron chi connectivity index (χ2n) is 19.1. The van der Waals surface area contributed by atoms with Gasteiger partial charge in [0, 0.05) is 54.3 Å². The molecule has 3 aromatic carbocycles. The third kappa shape index (κ3) is 11.3. The first-order valence-electron chi connectivity index (χ1n) is 19.7. The molecule has 1 aromatic heterocycles.